The highest BCUT2D eigenvalue weighted by Crippen LogP contribution is 2.41. The Morgan fingerprint density at radius 3 is 2.96 bits per heavy atom. The molecule has 9 heteroatoms. The molecule has 0 fully saturated rings. The van der Waals surface area contributed by atoms with Crippen LogP contribution in [-0.4, -0.2) is 71.9 Å². The van der Waals surface area contributed by atoms with Crippen molar-refractivity contribution in [3.8, 4) is 11.5 Å². The van der Waals surface area contributed by atoms with Gasteiger partial charge >= 0.3 is 0 Å². The summed E-state index contributed by atoms with van der Waals surface area (Å²) in [7, 11) is 1.64. The third kappa shape index (κ3) is 4.81. The van der Waals surface area contributed by atoms with Crippen LogP contribution in [0.5, 0.6) is 11.5 Å². The second kappa shape index (κ2) is 8.65. The van der Waals surface area contributed by atoms with E-state index in [1.165, 1.54) is 17.0 Å². The number of aromatic hydroxyl groups is 1. The topological polar surface area (TPSA) is 131 Å². The van der Waals surface area contributed by atoms with Gasteiger partial charge in [-0.25, -0.2) is 0 Å². The summed E-state index contributed by atoms with van der Waals surface area (Å²) in [6.45, 7) is 0.740. The fourth-order valence-electron chi connectivity index (χ4n) is 2.45. The van der Waals surface area contributed by atoms with Gasteiger partial charge in [0.1, 0.15) is 11.4 Å². The van der Waals surface area contributed by atoms with E-state index in [4.69, 9.17) is 9.84 Å². The van der Waals surface area contributed by atoms with E-state index in [-0.39, 0.29) is 55.2 Å². The number of carbonyl (C=O) groups excluding carboxylic acids is 2. The molecule has 0 spiro atoms. The third-order valence-corrected chi connectivity index (χ3v) is 3.85. The van der Waals surface area contributed by atoms with Gasteiger partial charge in [0.05, 0.1) is 12.7 Å². The minimum atomic E-state index is -0.914. The molecule has 5 N–H and O–H groups in total. The molecule has 1 aliphatic rings. The predicted octanol–water partition coefficient (Wildman–Crippen LogP) is -0.813. The number of ether oxygens (including phenoxy) is 1. The number of nitrogens with one attached hydrogen (secondary N) is 2. The van der Waals surface area contributed by atoms with Crippen LogP contribution in [0.1, 0.15) is 18.1 Å². The van der Waals surface area contributed by atoms with Crippen molar-refractivity contribution >= 4 is 17.5 Å². The Bertz CT molecular complexity index is 637. The van der Waals surface area contributed by atoms with Crippen molar-refractivity contribution in [3.05, 3.63) is 17.7 Å². The van der Waals surface area contributed by atoms with Crippen molar-refractivity contribution in [1.82, 2.24) is 10.2 Å². The molecular formula is C16H23N3O6. The van der Waals surface area contributed by atoms with Crippen LogP contribution in [0.3, 0.4) is 0 Å². The quantitative estimate of drug-likeness (QED) is 0.305. The van der Waals surface area contributed by atoms with Crippen LogP contribution in [0.4, 0.5) is 5.69 Å². The Hall–Kier alpha value is -2.36. The number of amides is 2. The number of carbonyl (C=O) groups is 2. The highest BCUT2D eigenvalue weighted by molar-refractivity contribution is 5.97. The number of aliphatic hydroxyl groups excluding tert-OH is 2. The van der Waals surface area contributed by atoms with Gasteiger partial charge in [0.15, 0.2) is 12.4 Å². The zero-order chi connectivity index (χ0) is 18.4. The zero-order valence-electron chi connectivity index (χ0n) is 14.0. The van der Waals surface area contributed by atoms with Crippen molar-refractivity contribution in [2.24, 2.45) is 0 Å². The van der Waals surface area contributed by atoms with E-state index in [0.717, 1.165) is 0 Å². The average Bonchev–Trinajstić information content (AvgIpc) is 2.59. The number of phenolic OH excluding ortho intramolecular Hbond substituents is 1. The van der Waals surface area contributed by atoms with Crippen molar-refractivity contribution in [3.63, 3.8) is 0 Å². The summed E-state index contributed by atoms with van der Waals surface area (Å²) >= 11 is 0. The SMILES string of the molecule is CN(CCNC[C@H](O)c1ccc(O)c2c1OCC(=O)N2)C(=O)CCO. The number of anilines is 1. The minimum Gasteiger partial charge on any atom is -0.506 e. The van der Waals surface area contributed by atoms with Gasteiger partial charge in [-0.1, -0.05) is 0 Å². The predicted molar refractivity (Wildman–Crippen MR) is 89.4 cm³/mol. The monoisotopic (exact) mass is 353 g/mol. The number of likely N-dealkylation sites (N-methyl/N-ethyl adjacent to an activating group) is 1. The second-order valence-electron chi connectivity index (χ2n) is 5.72. The Balaban J connectivity index is 1.89. The standard InChI is InChI=1S/C16H23N3O6/c1-19(14(24)4-7-20)6-5-17-8-12(22)10-2-3-11(21)15-16(10)25-9-13(23)18-15/h2-3,12,17,20-22H,4-9H2,1H3,(H,18,23)/t12-/m0/s1. The lowest BCUT2D eigenvalue weighted by atomic mass is 10.1. The zero-order valence-corrected chi connectivity index (χ0v) is 14.0. The van der Waals surface area contributed by atoms with Crippen LogP contribution in [-0.2, 0) is 9.59 Å². The first-order chi connectivity index (χ1) is 11.9. The highest BCUT2D eigenvalue weighted by Gasteiger charge is 2.25. The largest absolute Gasteiger partial charge is 0.506 e. The van der Waals surface area contributed by atoms with Crippen LogP contribution in [0.2, 0.25) is 0 Å². The maximum Gasteiger partial charge on any atom is 0.262 e. The number of phenols is 1. The maximum absolute atomic E-state index is 11.5. The van der Waals surface area contributed by atoms with Gasteiger partial charge in [0.2, 0.25) is 5.91 Å². The first kappa shape index (κ1) is 19.0. The van der Waals surface area contributed by atoms with Crippen molar-refractivity contribution in [2.45, 2.75) is 12.5 Å². The van der Waals surface area contributed by atoms with E-state index in [0.29, 0.717) is 18.7 Å². The van der Waals surface area contributed by atoms with Crippen LogP contribution in [0.15, 0.2) is 12.1 Å². The minimum absolute atomic E-state index is 0.0851. The molecule has 2 amide bonds. The van der Waals surface area contributed by atoms with Crippen molar-refractivity contribution in [2.75, 3.05) is 45.2 Å². The molecule has 9 nitrogen and oxygen atoms in total. The fraction of sp³-hybridized carbons (Fsp3) is 0.500. The molecule has 1 aromatic carbocycles. The number of nitrogens with zero attached hydrogens (tertiary/aromatic N) is 1. The van der Waals surface area contributed by atoms with Crippen LogP contribution >= 0.6 is 0 Å². The summed E-state index contributed by atoms with van der Waals surface area (Å²) in [5, 5.41) is 34.4. The average molecular weight is 353 g/mol. The molecule has 1 heterocycles. The number of benzene rings is 1. The molecule has 0 aromatic heterocycles. The van der Waals surface area contributed by atoms with E-state index < -0.39 is 6.10 Å². The van der Waals surface area contributed by atoms with Gasteiger partial charge < -0.3 is 35.6 Å². The van der Waals surface area contributed by atoms with E-state index in [2.05, 4.69) is 10.6 Å². The van der Waals surface area contributed by atoms with Gasteiger partial charge in [-0.3, -0.25) is 9.59 Å². The van der Waals surface area contributed by atoms with E-state index in [1.807, 2.05) is 0 Å². The molecule has 0 saturated heterocycles. The molecule has 138 valence electrons. The van der Waals surface area contributed by atoms with Gasteiger partial charge in [-0.2, -0.15) is 0 Å². The maximum atomic E-state index is 11.5. The molecule has 0 radical (unpaired) electrons. The lowest BCUT2D eigenvalue weighted by molar-refractivity contribution is -0.130. The first-order valence-electron chi connectivity index (χ1n) is 7.96. The van der Waals surface area contributed by atoms with Crippen LogP contribution in [0, 0.1) is 0 Å². The Morgan fingerprint density at radius 2 is 2.24 bits per heavy atom. The third-order valence-electron chi connectivity index (χ3n) is 3.85. The normalized spacial score (nSPS) is 14.3. The summed E-state index contributed by atoms with van der Waals surface area (Å²) in [6, 6.07) is 2.92. The lowest BCUT2D eigenvalue weighted by Crippen LogP contribution is -2.35. The van der Waals surface area contributed by atoms with Crippen molar-refractivity contribution in [1.29, 1.82) is 0 Å². The molecule has 1 aromatic rings. The summed E-state index contributed by atoms with van der Waals surface area (Å²) < 4.78 is 5.34. The highest BCUT2D eigenvalue weighted by atomic mass is 16.5. The smallest absolute Gasteiger partial charge is 0.262 e. The fourth-order valence-corrected chi connectivity index (χ4v) is 2.45. The van der Waals surface area contributed by atoms with Gasteiger partial charge in [-0.15, -0.1) is 0 Å². The lowest BCUT2D eigenvalue weighted by Gasteiger charge is -2.24. The van der Waals surface area contributed by atoms with E-state index >= 15 is 0 Å². The molecule has 0 unspecified atom stereocenters. The van der Waals surface area contributed by atoms with Gasteiger partial charge in [-0.05, 0) is 12.1 Å². The first-order valence-corrected chi connectivity index (χ1v) is 7.96. The number of rotatable bonds is 8. The Kier molecular flexibility index (Phi) is 6.57. The number of fused-ring (bicyclic) bond motifs is 1. The van der Waals surface area contributed by atoms with Gasteiger partial charge in [0.25, 0.3) is 5.91 Å². The Morgan fingerprint density at radius 1 is 1.48 bits per heavy atom. The molecule has 0 saturated carbocycles. The van der Waals surface area contributed by atoms with E-state index in [9.17, 15) is 19.8 Å². The van der Waals surface area contributed by atoms with Gasteiger partial charge in [0, 0.05) is 38.7 Å². The molecule has 1 atom stereocenters. The summed E-state index contributed by atoms with van der Waals surface area (Å²) in [4.78, 5) is 24.4. The molecule has 25 heavy (non-hydrogen) atoms. The summed E-state index contributed by atoms with van der Waals surface area (Å²) in [5.74, 6) is -0.398. The summed E-state index contributed by atoms with van der Waals surface area (Å²) in [6.07, 6.45) is -0.829. The van der Waals surface area contributed by atoms with Crippen LogP contribution < -0.4 is 15.4 Å². The van der Waals surface area contributed by atoms with Crippen LogP contribution in [0.25, 0.3) is 0 Å². The van der Waals surface area contributed by atoms with E-state index in [1.54, 1.807) is 7.05 Å². The number of hydrogen-bond donors (Lipinski definition) is 5. The molecule has 0 aliphatic carbocycles. The van der Waals surface area contributed by atoms with Crippen molar-refractivity contribution < 1.29 is 29.6 Å². The molecule has 2 rings (SSSR count). The number of aliphatic hydroxyl groups is 2. The molecular weight excluding hydrogens is 330 g/mol. The second-order valence-corrected chi connectivity index (χ2v) is 5.72. The summed E-state index contributed by atoms with van der Waals surface area (Å²) in [5.41, 5.74) is 0.604. The number of hydrogen-bond acceptors (Lipinski definition) is 7. The Labute approximate surface area is 145 Å². The molecule has 1 aliphatic heterocycles. The molecule has 0 bridgehead atoms.